The number of ether oxygens (including phenoxy) is 2. The molecule has 3 rings (SSSR count). The summed E-state index contributed by atoms with van der Waals surface area (Å²) in [6.07, 6.45) is 0. The minimum Gasteiger partial charge on any atom is -0.497 e. The van der Waals surface area contributed by atoms with E-state index in [9.17, 15) is 18.7 Å². The van der Waals surface area contributed by atoms with Crippen molar-refractivity contribution in [3.05, 3.63) is 59.7 Å². The fourth-order valence-corrected chi connectivity index (χ4v) is 3.55. The number of hydrogen-bond donors (Lipinski definition) is 1. The monoisotopic (exact) mass is 377 g/mol. The quantitative estimate of drug-likeness (QED) is 0.799. The van der Waals surface area contributed by atoms with Gasteiger partial charge in [-0.3, -0.25) is 9.69 Å². The number of methoxy groups -OCH3 is 1. The molecule has 5 nitrogen and oxygen atoms in total. The van der Waals surface area contributed by atoms with Crippen molar-refractivity contribution >= 4 is 5.97 Å². The summed E-state index contributed by atoms with van der Waals surface area (Å²) in [5, 5.41) is 9.64. The Kier molecular flexibility index (Phi) is 5.91. The predicted octanol–water partition coefficient (Wildman–Crippen LogP) is 3.60. The molecule has 0 aliphatic carbocycles. The first-order valence-corrected chi connectivity index (χ1v) is 8.59. The zero-order valence-corrected chi connectivity index (χ0v) is 14.8. The lowest BCUT2D eigenvalue weighted by Gasteiger charge is -2.17. The first kappa shape index (κ1) is 19.1. The topological polar surface area (TPSA) is 59.0 Å². The van der Waals surface area contributed by atoms with Gasteiger partial charge in [-0.05, 0) is 35.4 Å². The Balaban J connectivity index is 1.75. The van der Waals surface area contributed by atoms with E-state index in [1.165, 1.54) is 6.07 Å². The third-order valence-corrected chi connectivity index (χ3v) is 4.76. The maximum absolute atomic E-state index is 12.4. The molecule has 1 N–H and O–H groups in total. The Bertz CT molecular complexity index is 799. The average molecular weight is 377 g/mol. The van der Waals surface area contributed by atoms with Gasteiger partial charge in [-0.15, -0.1) is 0 Å². The number of carbonyl (C=O) groups is 1. The van der Waals surface area contributed by atoms with Crippen LogP contribution in [-0.2, 0) is 11.3 Å². The number of likely N-dealkylation sites (tertiary alicyclic amines) is 1. The minimum atomic E-state index is -2.87. The maximum Gasteiger partial charge on any atom is 0.387 e. The second-order valence-corrected chi connectivity index (χ2v) is 6.55. The van der Waals surface area contributed by atoms with Gasteiger partial charge in [-0.25, -0.2) is 0 Å². The first-order chi connectivity index (χ1) is 13.0. The average Bonchev–Trinajstić information content (AvgIpc) is 3.05. The van der Waals surface area contributed by atoms with Crippen molar-refractivity contribution < 1.29 is 28.2 Å². The number of aliphatic carboxylic acids is 1. The highest BCUT2D eigenvalue weighted by Crippen LogP contribution is 2.35. The van der Waals surface area contributed by atoms with E-state index in [4.69, 9.17) is 4.74 Å². The molecule has 0 amide bonds. The van der Waals surface area contributed by atoms with Gasteiger partial charge in [-0.2, -0.15) is 8.78 Å². The lowest BCUT2D eigenvalue weighted by atomic mass is 9.89. The standard InChI is InChI=1S/C20H21F2NO4/c1-26-15-6-3-5-14(9-15)17-11-23(12-18(17)19(24)25)10-13-4-2-7-16(8-13)27-20(21)22/h2-9,17-18,20H,10-12H2,1H3,(H,24,25)/t17-,18+/m0/s1. The Morgan fingerprint density at radius 3 is 2.63 bits per heavy atom. The third kappa shape index (κ3) is 4.74. The lowest BCUT2D eigenvalue weighted by molar-refractivity contribution is -0.141. The SMILES string of the molecule is COc1cccc([C@@H]2CN(Cc3cccc(OC(F)F)c3)C[C@H]2C(=O)O)c1. The molecule has 144 valence electrons. The zero-order chi connectivity index (χ0) is 19.4. The molecule has 0 radical (unpaired) electrons. The molecular weight excluding hydrogens is 356 g/mol. The summed E-state index contributed by atoms with van der Waals surface area (Å²) in [5.41, 5.74) is 1.71. The Morgan fingerprint density at radius 2 is 1.93 bits per heavy atom. The van der Waals surface area contributed by atoms with Gasteiger partial charge >= 0.3 is 12.6 Å². The minimum absolute atomic E-state index is 0.0980. The molecule has 0 saturated carbocycles. The number of halogens is 2. The van der Waals surface area contributed by atoms with Crippen molar-refractivity contribution in [3.8, 4) is 11.5 Å². The highest BCUT2D eigenvalue weighted by molar-refractivity contribution is 5.72. The smallest absolute Gasteiger partial charge is 0.387 e. The largest absolute Gasteiger partial charge is 0.497 e. The van der Waals surface area contributed by atoms with Crippen molar-refractivity contribution in [1.82, 2.24) is 4.90 Å². The normalized spacial score (nSPS) is 20.0. The molecular formula is C20H21F2NO4. The summed E-state index contributed by atoms with van der Waals surface area (Å²) < 4.78 is 34.5. The molecule has 0 aromatic heterocycles. The summed E-state index contributed by atoms with van der Waals surface area (Å²) >= 11 is 0. The molecule has 2 aromatic carbocycles. The van der Waals surface area contributed by atoms with Crippen LogP contribution in [-0.4, -0.2) is 42.8 Å². The summed E-state index contributed by atoms with van der Waals surface area (Å²) in [4.78, 5) is 13.8. The number of carboxylic acid groups (broad SMARTS) is 1. The van der Waals surface area contributed by atoms with Crippen LogP contribution in [0, 0.1) is 5.92 Å². The van der Waals surface area contributed by atoms with Crippen LogP contribution in [0.1, 0.15) is 17.0 Å². The van der Waals surface area contributed by atoms with Crippen molar-refractivity contribution in [2.75, 3.05) is 20.2 Å². The predicted molar refractivity (Wildman–Crippen MR) is 95.2 cm³/mol. The zero-order valence-electron chi connectivity index (χ0n) is 14.8. The summed E-state index contributed by atoms with van der Waals surface area (Å²) in [6, 6.07) is 13.9. The van der Waals surface area contributed by atoms with E-state index < -0.39 is 18.5 Å². The first-order valence-electron chi connectivity index (χ1n) is 8.59. The Morgan fingerprint density at radius 1 is 1.19 bits per heavy atom. The van der Waals surface area contributed by atoms with Gasteiger partial charge in [-0.1, -0.05) is 24.3 Å². The molecule has 1 aliphatic rings. The summed E-state index contributed by atoms with van der Waals surface area (Å²) in [6.45, 7) is -1.47. The van der Waals surface area contributed by atoms with Crippen LogP contribution in [0.25, 0.3) is 0 Å². The molecule has 1 aliphatic heterocycles. The van der Waals surface area contributed by atoms with E-state index in [2.05, 4.69) is 4.74 Å². The molecule has 0 spiro atoms. The Labute approximate surface area is 156 Å². The van der Waals surface area contributed by atoms with Crippen LogP contribution in [0.3, 0.4) is 0 Å². The second-order valence-electron chi connectivity index (χ2n) is 6.55. The highest BCUT2D eigenvalue weighted by atomic mass is 19.3. The van der Waals surface area contributed by atoms with E-state index in [-0.39, 0.29) is 11.7 Å². The second kappa shape index (κ2) is 8.35. The number of alkyl halides is 2. The van der Waals surface area contributed by atoms with E-state index >= 15 is 0 Å². The number of hydrogen-bond acceptors (Lipinski definition) is 4. The molecule has 27 heavy (non-hydrogen) atoms. The third-order valence-electron chi connectivity index (χ3n) is 4.76. The van der Waals surface area contributed by atoms with Crippen molar-refractivity contribution in [1.29, 1.82) is 0 Å². The van der Waals surface area contributed by atoms with Gasteiger partial charge < -0.3 is 14.6 Å². The number of carboxylic acids is 1. The van der Waals surface area contributed by atoms with Crippen LogP contribution < -0.4 is 9.47 Å². The molecule has 2 aromatic rings. The fourth-order valence-electron chi connectivity index (χ4n) is 3.55. The highest BCUT2D eigenvalue weighted by Gasteiger charge is 2.38. The van der Waals surface area contributed by atoms with E-state index in [0.717, 1.165) is 11.1 Å². The number of rotatable bonds is 7. The molecule has 2 atom stereocenters. The summed E-state index contributed by atoms with van der Waals surface area (Å²) in [5.74, 6) is -0.774. The van der Waals surface area contributed by atoms with Gasteiger partial charge in [0.15, 0.2) is 0 Å². The number of benzene rings is 2. The van der Waals surface area contributed by atoms with Crippen molar-refractivity contribution in [3.63, 3.8) is 0 Å². The van der Waals surface area contributed by atoms with Crippen molar-refractivity contribution in [2.45, 2.75) is 19.1 Å². The maximum atomic E-state index is 12.4. The van der Waals surface area contributed by atoms with E-state index in [0.29, 0.717) is 25.4 Å². The van der Waals surface area contributed by atoms with Gasteiger partial charge in [0.2, 0.25) is 0 Å². The molecule has 7 heteroatoms. The molecule has 0 bridgehead atoms. The summed E-state index contributed by atoms with van der Waals surface area (Å²) in [7, 11) is 1.57. The molecule has 0 unspecified atom stereocenters. The fraction of sp³-hybridized carbons (Fsp3) is 0.350. The van der Waals surface area contributed by atoms with Gasteiger partial charge in [0.05, 0.1) is 13.0 Å². The molecule has 1 saturated heterocycles. The van der Waals surface area contributed by atoms with Crippen LogP contribution in [0.15, 0.2) is 48.5 Å². The van der Waals surface area contributed by atoms with E-state index in [1.54, 1.807) is 19.2 Å². The van der Waals surface area contributed by atoms with Gasteiger partial charge in [0.25, 0.3) is 0 Å². The van der Waals surface area contributed by atoms with Gasteiger partial charge in [0.1, 0.15) is 11.5 Å². The van der Waals surface area contributed by atoms with Crippen LogP contribution in [0.5, 0.6) is 11.5 Å². The molecule has 1 heterocycles. The lowest BCUT2D eigenvalue weighted by Crippen LogP contribution is -2.23. The van der Waals surface area contributed by atoms with Gasteiger partial charge in [0, 0.05) is 25.6 Å². The number of nitrogens with zero attached hydrogens (tertiary/aromatic N) is 1. The van der Waals surface area contributed by atoms with Crippen molar-refractivity contribution in [2.24, 2.45) is 5.92 Å². The Hall–Kier alpha value is -2.67. The molecule has 1 fully saturated rings. The van der Waals surface area contributed by atoms with E-state index in [1.807, 2.05) is 35.2 Å². The van der Waals surface area contributed by atoms with Crippen LogP contribution in [0.4, 0.5) is 8.78 Å². The van der Waals surface area contributed by atoms with Crippen LogP contribution in [0.2, 0.25) is 0 Å². The van der Waals surface area contributed by atoms with Crippen LogP contribution >= 0.6 is 0 Å².